The molecule has 3 fully saturated rings. The van der Waals surface area contributed by atoms with Gasteiger partial charge < -0.3 is 10.2 Å². The second-order valence-corrected chi connectivity index (χ2v) is 14.8. The SMILES string of the molecule is CN(C)S(=O)(=O)C1=CC=C(c2ccc(F)cc2N2C(=O)N=C(NC3CCCCC3)C23CCN(CC2CC2)CC3)CC1. The van der Waals surface area contributed by atoms with E-state index in [1.807, 2.05) is 6.08 Å². The Kier molecular flexibility index (Phi) is 7.84. The normalized spacial score (nSPS) is 24.0. The highest BCUT2D eigenvalue weighted by Crippen LogP contribution is 2.44. The van der Waals surface area contributed by atoms with Crippen LogP contribution in [0.5, 0.6) is 0 Å². The molecule has 0 aromatic heterocycles. The van der Waals surface area contributed by atoms with Crippen molar-refractivity contribution >= 4 is 33.2 Å². The highest BCUT2D eigenvalue weighted by atomic mass is 32.2. The van der Waals surface area contributed by atoms with Crippen molar-refractivity contribution in [3.8, 4) is 0 Å². The zero-order chi connectivity index (χ0) is 28.8. The van der Waals surface area contributed by atoms with Crippen LogP contribution < -0.4 is 10.2 Å². The quantitative estimate of drug-likeness (QED) is 0.472. The maximum Gasteiger partial charge on any atom is 0.350 e. The van der Waals surface area contributed by atoms with E-state index >= 15 is 0 Å². The molecule has 3 aliphatic carbocycles. The van der Waals surface area contributed by atoms with Gasteiger partial charge in [-0.3, -0.25) is 4.90 Å². The van der Waals surface area contributed by atoms with E-state index < -0.39 is 21.4 Å². The topological polar surface area (TPSA) is 85.3 Å². The van der Waals surface area contributed by atoms with Crippen molar-refractivity contribution in [3.05, 3.63) is 46.6 Å². The number of amidine groups is 1. The van der Waals surface area contributed by atoms with Crippen LogP contribution in [0.3, 0.4) is 0 Å². The molecular formula is C31H42FN5O3S. The summed E-state index contributed by atoms with van der Waals surface area (Å²) in [5.41, 5.74) is 1.52. The molecular weight excluding hydrogens is 541 g/mol. The molecule has 1 aromatic rings. The molecule has 0 atom stereocenters. The summed E-state index contributed by atoms with van der Waals surface area (Å²) in [7, 11) is -0.449. The van der Waals surface area contributed by atoms with E-state index in [1.165, 1.54) is 62.6 Å². The Labute approximate surface area is 243 Å². The molecule has 10 heteroatoms. The molecule has 0 unspecified atom stereocenters. The van der Waals surface area contributed by atoms with Crippen molar-refractivity contribution in [1.82, 2.24) is 14.5 Å². The van der Waals surface area contributed by atoms with Gasteiger partial charge in [0.1, 0.15) is 17.2 Å². The second-order valence-electron chi connectivity index (χ2n) is 12.6. The zero-order valence-electron chi connectivity index (χ0n) is 24.2. The van der Waals surface area contributed by atoms with Gasteiger partial charge in [-0.15, -0.1) is 0 Å². The number of rotatable bonds is 7. The van der Waals surface area contributed by atoms with Gasteiger partial charge in [0.2, 0.25) is 10.0 Å². The molecule has 1 saturated heterocycles. The number of benzene rings is 1. The molecule has 1 spiro atoms. The van der Waals surface area contributed by atoms with Gasteiger partial charge in [0.15, 0.2) is 0 Å². The third-order valence-electron chi connectivity index (χ3n) is 9.58. The number of nitrogens with zero attached hydrogens (tertiary/aromatic N) is 4. The molecule has 1 N–H and O–H groups in total. The van der Waals surface area contributed by atoms with Crippen LogP contribution in [0.4, 0.5) is 14.9 Å². The van der Waals surface area contributed by atoms with Crippen molar-refractivity contribution in [3.63, 3.8) is 0 Å². The molecule has 5 aliphatic rings. The summed E-state index contributed by atoms with van der Waals surface area (Å²) in [6.45, 7) is 2.84. The van der Waals surface area contributed by atoms with Gasteiger partial charge in [-0.25, -0.2) is 21.9 Å². The second kappa shape index (κ2) is 11.3. The van der Waals surface area contributed by atoms with E-state index in [0.717, 1.165) is 68.2 Å². The van der Waals surface area contributed by atoms with Crippen molar-refractivity contribution in [2.75, 3.05) is 38.6 Å². The lowest BCUT2D eigenvalue weighted by atomic mass is 9.82. The summed E-state index contributed by atoms with van der Waals surface area (Å²) < 4.78 is 41.5. The zero-order valence-corrected chi connectivity index (χ0v) is 25.1. The number of likely N-dealkylation sites (tertiary alicyclic amines) is 1. The first kappa shape index (κ1) is 28.6. The molecule has 41 heavy (non-hydrogen) atoms. The first-order valence-electron chi connectivity index (χ1n) is 15.2. The molecule has 2 heterocycles. The van der Waals surface area contributed by atoms with Gasteiger partial charge >= 0.3 is 6.03 Å². The van der Waals surface area contributed by atoms with Crippen LogP contribution in [0.25, 0.3) is 5.57 Å². The van der Waals surface area contributed by atoms with Crippen molar-refractivity contribution in [2.45, 2.75) is 82.2 Å². The van der Waals surface area contributed by atoms with Gasteiger partial charge in [0.05, 0.1) is 10.6 Å². The summed E-state index contributed by atoms with van der Waals surface area (Å²) in [5, 5.41) is 3.70. The van der Waals surface area contributed by atoms with Gasteiger partial charge in [0.25, 0.3) is 0 Å². The van der Waals surface area contributed by atoms with E-state index in [9.17, 15) is 17.6 Å². The number of anilines is 1. The largest absolute Gasteiger partial charge is 0.369 e. The van der Waals surface area contributed by atoms with E-state index in [-0.39, 0.29) is 6.03 Å². The van der Waals surface area contributed by atoms with Gasteiger partial charge in [0, 0.05) is 45.3 Å². The fourth-order valence-corrected chi connectivity index (χ4v) is 8.03. The number of hydrogen-bond donors (Lipinski definition) is 1. The first-order chi connectivity index (χ1) is 19.7. The summed E-state index contributed by atoms with van der Waals surface area (Å²) in [4.78, 5) is 23.1. The molecule has 2 saturated carbocycles. The van der Waals surface area contributed by atoms with Gasteiger partial charge in [-0.05, 0) is 87.1 Å². The van der Waals surface area contributed by atoms with E-state index in [2.05, 4.69) is 15.2 Å². The summed E-state index contributed by atoms with van der Waals surface area (Å²) in [6, 6.07) is 4.55. The van der Waals surface area contributed by atoms with E-state index in [0.29, 0.717) is 29.5 Å². The molecule has 222 valence electrons. The lowest BCUT2D eigenvalue weighted by Crippen LogP contribution is -2.62. The number of aliphatic imine (C=N–C) groups is 1. The Hall–Kier alpha value is -2.56. The average molecular weight is 584 g/mol. The van der Waals surface area contributed by atoms with Crippen LogP contribution in [0.2, 0.25) is 0 Å². The first-order valence-corrected chi connectivity index (χ1v) is 16.7. The fraction of sp³-hybridized carbons (Fsp3) is 0.613. The minimum Gasteiger partial charge on any atom is -0.369 e. The average Bonchev–Trinajstić information content (AvgIpc) is 3.74. The summed E-state index contributed by atoms with van der Waals surface area (Å²) in [6.07, 6.45) is 14.1. The lowest BCUT2D eigenvalue weighted by Gasteiger charge is -2.46. The number of carbonyl (C=O) groups is 1. The van der Waals surface area contributed by atoms with Crippen LogP contribution in [-0.4, -0.2) is 74.8 Å². The predicted octanol–water partition coefficient (Wildman–Crippen LogP) is 5.28. The molecule has 8 nitrogen and oxygen atoms in total. The Morgan fingerprint density at radius 1 is 1.05 bits per heavy atom. The highest BCUT2D eigenvalue weighted by Gasteiger charge is 2.53. The molecule has 2 aliphatic heterocycles. The van der Waals surface area contributed by atoms with E-state index in [4.69, 9.17) is 0 Å². The van der Waals surface area contributed by atoms with Crippen molar-refractivity contribution < 1.29 is 17.6 Å². The van der Waals surface area contributed by atoms with Gasteiger partial charge in [-0.2, -0.15) is 4.99 Å². The Morgan fingerprint density at radius 3 is 2.41 bits per heavy atom. The van der Waals surface area contributed by atoms with E-state index in [1.54, 1.807) is 17.0 Å². The third kappa shape index (κ3) is 5.62. The monoisotopic (exact) mass is 583 g/mol. The van der Waals surface area contributed by atoms with Crippen molar-refractivity contribution in [2.24, 2.45) is 10.9 Å². The molecule has 6 rings (SSSR count). The maximum absolute atomic E-state index is 14.9. The lowest BCUT2D eigenvalue weighted by molar-refractivity contribution is 0.182. The van der Waals surface area contributed by atoms with Gasteiger partial charge in [-0.1, -0.05) is 25.3 Å². The van der Waals surface area contributed by atoms with Crippen LogP contribution >= 0.6 is 0 Å². The minimum atomic E-state index is -3.51. The Morgan fingerprint density at radius 2 is 1.78 bits per heavy atom. The number of amides is 2. The number of hydrogen-bond acceptors (Lipinski definition) is 5. The standard InChI is InChI=1S/C31H42FN5O3S/c1-35(2)41(39,40)26-13-10-23(11-14-26)27-15-12-24(32)20-28(27)37-30(38)34-29(33-25-6-4-3-5-7-25)31(37)16-18-36(19-17-31)21-22-8-9-22/h10,12-13,15,20,22,25H,3-9,11,14,16-19,21H2,1-2H3,(H,33,34,38). The Balaban J connectivity index is 1.36. The number of nitrogens with one attached hydrogen (secondary N) is 1. The number of halogens is 1. The van der Waals surface area contributed by atoms with Crippen LogP contribution in [-0.2, 0) is 10.0 Å². The maximum atomic E-state index is 14.9. The highest BCUT2D eigenvalue weighted by molar-refractivity contribution is 7.93. The number of sulfonamides is 1. The molecule has 2 amide bonds. The molecule has 0 bridgehead atoms. The number of urea groups is 1. The summed E-state index contributed by atoms with van der Waals surface area (Å²) in [5.74, 6) is 1.13. The van der Waals surface area contributed by atoms with Crippen LogP contribution in [0, 0.1) is 11.7 Å². The minimum absolute atomic E-state index is 0.298. The van der Waals surface area contributed by atoms with Crippen LogP contribution in [0.1, 0.15) is 76.2 Å². The molecule has 0 radical (unpaired) electrons. The number of carbonyl (C=O) groups excluding carboxylic acids is 1. The fourth-order valence-electron chi connectivity index (χ4n) is 6.96. The predicted molar refractivity (Wildman–Crippen MR) is 161 cm³/mol. The number of allylic oxidation sites excluding steroid dienone is 4. The van der Waals surface area contributed by atoms with Crippen molar-refractivity contribution in [1.29, 1.82) is 0 Å². The Bertz CT molecular complexity index is 1380. The third-order valence-corrected chi connectivity index (χ3v) is 11.5. The van der Waals surface area contributed by atoms with Crippen LogP contribution in [0.15, 0.2) is 40.2 Å². The smallest absolute Gasteiger partial charge is 0.350 e. The molecule has 1 aromatic carbocycles. The summed E-state index contributed by atoms with van der Waals surface area (Å²) >= 11 is 0. The number of piperidine rings is 1.